The van der Waals surface area contributed by atoms with Gasteiger partial charge in [-0.2, -0.15) is 0 Å². The number of nitrogens with zero attached hydrogens (tertiary/aromatic N) is 1. The second-order valence-corrected chi connectivity index (χ2v) is 6.51. The topological polar surface area (TPSA) is 29.3 Å². The van der Waals surface area contributed by atoms with E-state index in [4.69, 9.17) is 28.9 Å². The summed E-state index contributed by atoms with van der Waals surface area (Å²) in [6.07, 6.45) is 2.20. The second-order valence-electron chi connectivity index (χ2n) is 5.72. The van der Waals surface area contributed by atoms with Gasteiger partial charge in [0.15, 0.2) is 0 Å². The van der Waals surface area contributed by atoms with Crippen LogP contribution in [0.15, 0.2) is 18.2 Å². The third-order valence-corrected chi connectivity index (χ3v) is 4.85. The Bertz CT molecular complexity index is 436. The molecule has 4 heteroatoms. The van der Waals surface area contributed by atoms with Crippen LogP contribution in [0.25, 0.3) is 0 Å². The summed E-state index contributed by atoms with van der Waals surface area (Å²) in [4.78, 5) is 2.52. The summed E-state index contributed by atoms with van der Waals surface area (Å²) in [5, 5.41) is 1.18. The third kappa shape index (κ3) is 3.63. The monoisotopic (exact) mass is 300 g/mol. The Morgan fingerprint density at radius 3 is 2.74 bits per heavy atom. The van der Waals surface area contributed by atoms with Crippen molar-refractivity contribution in [3.8, 4) is 0 Å². The Morgan fingerprint density at radius 1 is 1.37 bits per heavy atom. The summed E-state index contributed by atoms with van der Waals surface area (Å²) in [6.45, 7) is 6.80. The number of halogens is 2. The van der Waals surface area contributed by atoms with Gasteiger partial charge >= 0.3 is 0 Å². The molecule has 2 nitrogen and oxygen atoms in total. The first-order chi connectivity index (χ1) is 8.99. The normalized spacial score (nSPS) is 25.7. The lowest BCUT2D eigenvalue weighted by molar-refractivity contribution is 0.255. The summed E-state index contributed by atoms with van der Waals surface area (Å²) in [5.74, 6) is 0.793. The Labute approximate surface area is 125 Å². The second kappa shape index (κ2) is 6.45. The van der Waals surface area contributed by atoms with E-state index in [2.05, 4.69) is 18.7 Å². The predicted molar refractivity (Wildman–Crippen MR) is 82.8 cm³/mol. The lowest BCUT2D eigenvalue weighted by atomic mass is 10.0. The molecule has 0 aliphatic carbocycles. The molecule has 1 aromatic rings. The van der Waals surface area contributed by atoms with Gasteiger partial charge in [-0.25, -0.2) is 0 Å². The Morgan fingerprint density at radius 2 is 2.11 bits per heavy atom. The van der Waals surface area contributed by atoms with Gasteiger partial charge in [0.1, 0.15) is 0 Å². The molecule has 3 atom stereocenters. The first-order valence-electron chi connectivity index (χ1n) is 6.92. The highest BCUT2D eigenvalue weighted by Crippen LogP contribution is 2.31. The average Bonchev–Trinajstić information content (AvgIpc) is 2.68. The van der Waals surface area contributed by atoms with Gasteiger partial charge in [-0.15, -0.1) is 0 Å². The fourth-order valence-electron chi connectivity index (χ4n) is 2.97. The first-order valence-corrected chi connectivity index (χ1v) is 7.68. The summed E-state index contributed by atoms with van der Waals surface area (Å²) in [7, 11) is 0. The quantitative estimate of drug-likeness (QED) is 0.906. The molecule has 0 bridgehead atoms. The minimum atomic E-state index is -0.0469. The largest absolute Gasteiger partial charge is 0.324 e. The van der Waals surface area contributed by atoms with Gasteiger partial charge in [0.05, 0.1) is 10.0 Å². The summed E-state index contributed by atoms with van der Waals surface area (Å²) >= 11 is 12.2. The van der Waals surface area contributed by atoms with E-state index in [9.17, 15) is 0 Å². The molecule has 0 amide bonds. The highest BCUT2D eigenvalue weighted by molar-refractivity contribution is 6.42. The molecule has 0 saturated carbocycles. The first kappa shape index (κ1) is 15.1. The summed E-state index contributed by atoms with van der Waals surface area (Å²) < 4.78 is 0. The maximum atomic E-state index is 6.25. The fraction of sp³-hybridized carbons (Fsp3) is 0.600. The molecule has 1 heterocycles. The molecule has 1 saturated heterocycles. The van der Waals surface area contributed by atoms with E-state index in [0.29, 0.717) is 16.1 Å². The molecule has 1 fully saturated rings. The van der Waals surface area contributed by atoms with Crippen molar-refractivity contribution < 1.29 is 0 Å². The minimum absolute atomic E-state index is 0.0469. The number of benzene rings is 1. The molecule has 1 aliphatic heterocycles. The van der Waals surface area contributed by atoms with Crippen molar-refractivity contribution in [2.75, 3.05) is 13.1 Å². The standard InChI is InChI=1S/C15H22Cl2N2/c1-10-8-11(2)19(9-10)7-6-14(18)12-4-3-5-13(16)15(12)17/h3-5,10-11,14H,6-9,18H2,1-2H3. The van der Waals surface area contributed by atoms with E-state index in [1.807, 2.05) is 12.1 Å². The van der Waals surface area contributed by atoms with E-state index in [1.54, 1.807) is 6.07 Å². The fourth-order valence-corrected chi connectivity index (χ4v) is 3.41. The van der Waals surface area contributed by atoms with Crippen LogP contribution in [0.2, 0.25) is 10.0 Å². The number of rotatable bonds is 4. The van der Waals surface area contributed by atoms with Crippen molar-refractivity contribution >= 4 is 23.2 Å². The van der Waals surface area contributed by atoms with Crippen molar-refractivity contribution in [1.82, 2.24) is 4.90 Å². The van der Waals surface area contributed by atoms with E-state index < -0.39 is 0 Å². The molecule has 0 aromatic heterocycles. The van der Waals surface area contributed by atoms with Crippen molar-refractivity contribution in [1.29, 1.82) is 0 Å². The molecule has 106 valence electrons. The number of likely N-dealkylation sites (tertiary alicyclic amines) is 1. The van der Waals surface area contributed by atoms with Crippen LogP contribution in [0.1, 0.15) is 38.3 Å². The maximum Gasteiger partial charge on any atom is 0.0640 e. The van der Waals surface area contributed by atoms with Crippen LogP contribution in [0.5, 0.6) is 0 Å². The zero-order valence-electron chi connectivity index (χ0n) is 11.6. The van der Waals surface area contributed by atoms with Gasteiger partial charge in [0.25, 0.3) is 0 Å². The number of hydrogen-bond donors (Lipinski definition) is 1. The van der Waals surface area contributed by atoms with Crippen LogP contribution in [0, 0.1) is 5.92 Å². The van der Waals surface area contributed by atoms with Crippen LogP contribution >= 0.6 is 23.2 Å². The molecule has 0 radical (unpaired) electrons. The van der Waals surface area contributed by atoms with Crippen molar-refractivity contribution in [3.05, 3.63) is 33.8 Å². The lowest BCUT2D eigenvalue weighted by Crippen LogP contribution is -2.30. The predicted octanol–water partition coefficient (Wildman–Crippen LogP) is 4.11. The van der Waals surface area contributed by atoms with Crippen molar-refractivity contribution in [2.24, 2.45) is 11.7 Å². The van der Waals surface area contributed by atoms with Gasteiger partial charge in [0.2, 0.25) is 0 Å². The van der Waals surface area contributed by atoms with Crippen LogP contribution in [0.3, 0.4) is 0 Å². The average molecular weight is 301 g/mol. The van der Waals surface area contributed by atoms with Gasteiger partial charge in [-0.1, -0.05) is 42.3 Å². The molecular weight excluding hydrogens is 279 g/mol. The van der Waals surface area contributed by atoms with Gasteiger partial charge in [-0.3, -0.25) is 0 Å². The van der Waals surface area contributed by atoms with E-state index in [-0.39, 0.29) is 6.04 Å². The summed E-state index contributed by atoms with van der Waals surface area (Å²) in [5.41, 5.74) is 7.21. The van der Waals surface area contributed by atoms with Gasteiger partial charge < -0.3 is 10.6 Å². The molecule has 3 unspecified atom stereocenters. The van der Waals surface area contributed by atoms with Crippen LogP contribution < -0.4 is 5.73 Å². The van der Waals surface area contributed by atoms with E-state index in [1.165, 1.54) is 13.0 Å². The molecule has 0 spiro atoms. The van der Waals surface area contributed by atoms with Crippen LogP contribution in [-0.2, 0) is 0 Å². The van der Waals surface area contributed by atoms with E-state index >= 15 is 0 Å². The zero-order chi connectivity index (χ0) is 14.0. The van der Waals surface area contributed by atoms with Crippen LogP contribution in [0.4, 0.5) is 0 Å². The lowest BCUT2D eigenvalue weighted by Gasteiger charge is -2.23. The molecule has 1 aliphatic rings. The molecule has 2 rings (SSSR count). The minimum Gasteiger partial charge on any atom is -0.324 e. The molecular formula is C15H22Cl2N2. The highest BCUT2D eigenvalue weighted by atomic mass is 35.5. The highest BCUT2D eigenvalue weighted by Gasteiger charge is 2.26. The smallest absolute Gasteiger partial charge is 0.0640 e. The van der Waals surface area contributed by atoms with Gasteiger partial charge in [0, 0.05) is 25.2 Å². The maximum absolute atomic E-state index is 6.25. The molecule has 19 heavy (non-hydrogen) atoms. The third-order valence-electron chi connectivity index (χ3n) is 4.02. The Kier molecular flexibility index (Phi) is 5.13. The Balaban J connectivity index is 1.94. The van der Waals surface area contributed by atoms with Gasteiger partial charge in [-0.05, 0) is 37.3 Å². The molecule has 1 aromatic carbocycles. The van der Waals surface area contributed by atoms with Crippen molar-refractivity contribution in [2.45, 2.75) is 38.8 Å². The molecule has 2 N–H and O–H groups in total. The summed E-state index contributed by atoms with van der Waals surface area (Å²) in [6, 6.07) is 6.29. The van der Waals surface area contributed by atoms with E-state index in [0.717, 1.165) is 24.4 Å². The van der Waals surface area contributed by atoms with Crippen molar-refractivity contribution in [3.63, 3.8) is 0 Å². The zero-order valence-corrected chi connectivity index (χ0v) is 13.1. The van der Waals surface area contributed by atoms with Crippen LogP contribution in [-0.4, -0.2) is 24.0 Å². The number of hydrogen-bond acceptors (Lipinski definition) is 2. The Hall–Kier alpha value is -0.280. The SMILES string of the molecule is CC1CC(C)N(CCC(N)c2cccc(Cl)c2Cl)C1. The number of nitrogens with two attached hydrogens (primary N) is 1.